The summed E-state index contributed by atoms with van der Waals surface area (Å²) >= 11 is 0. The molecule has 1 aromatic carbocycles. The van der Waals surface area contributed by atoms with Gasteiger partial charge in [0.1, 0.15) is 11.6 Å². The van der Waals surface area contributed by atoms with Crippen molar-refractivity contribution in [2.24, 2.45) is 7.05 Å². The minimum atomic E-state index is 0.567. The molecular weight excluding hydrogens is 348 g/mol. The number of hydrogen-bond acceptors (Lipinski definition) is 5. The molecule has 0 bridgehead atoms. The van der Waals surface area contributed by atoms with E-state index in [0.29, 0.717) is 17.3 Å². The first-order valence-corrected chi connectivity index (χ1v) is 9.27. The van der Waals surface area contributed by atoms with E-state index in [2.05, 4.69) is 51.8 Å². The number of nitrogens with zero attached hydrogens (tertiary/aromatic N) is 5. The van der Waals surface area contributed by atoms with Crippen LogP contribution in [-0.4, -0.2) is 19.7 Å². The van der Waals surface area contributed by atoms with Crippen molar-refractivity contribution in [3.63, 3.8) is 0 Å². The molecule has 1 aliphatic carbocycles. The summed E-state index contributed by atoms with van der Waals surface area (Å²) in [6.07, 6.45) is 5.93. The van der Waals surface area contributed by atoms with Crippen LogP contribution in [0.4, 0.5) is 11.6 Å². The Bertz CT molecular complexity index is 1230. The summed E-state index contributed by atoms with van der Waals surface area (Å²) < 4.78 is 1.88. The highest BCUT2D eigenvalue weighted by Crippen LogP contribution is 2.42. The molecule has 28 heavy (non-hydrogen) atoms. The molecule has 0 unspecified atom stereocenters. The summed E-state index contributed by atoms with van der Waals surface area (Å²) in [4.78, 5) is 9.13. The van der Waals surface area contributed by atoms with Crippen LogP contribution in [0.1, 0.15) is 29.9 Å². The van der Waals surface area contributed by atoms with Gasteiger partial charge in [0.2, 0.25) is 0 Å². The molecule has 0 spiro atoms. The lowest BCUT2D eigenvalue weighted by molar-refractivity contribution is 0.797. The third-order valence-corrected chi connectivity index (χ3v) is 5.09. The summed E-state index contributed by atoms with van der Waals surface area (Å²) in [6, 6.07) is 16.1. The molecule has 1 fully saturated rings. The SMILES string of the molecule is Cn1ncc2ccc(-c3cc(C4CC4)cc(Nc4cc(C#N)ccn4)n3)cc21. The number of benzene rings is 1. The fraction of sp³-hybridized carbons (Fsp3) is 0.182. The van der Waals surface area contributed by atoms with Crippen molar-refractivity contribution in [3.05, 3.63) is 66.0 Å². The van der Waals surface area contributed by atoms with Gasteiger partial charge in [-0.15, -0.1) is 0 Å². The number of pyridine rings is 2. The Morgan fingerprint density at radius 3 is 2.82 bits per heavy atom. The normalized spacial score (nSPS) is 13.4. The summed E-state index contributed by atoms with van der Waals surface area (Å²) in [5.74, 6) is 1.96. The second kappa shape index (κ2) is 6.46. The molecule has 1 aliphatic rings. The van der Waals surface area contributed by atoms with Gasteiger partial charge in [-0.25, -0.2) is 9.97 Å². The van der Waals surface area contributed by atoms with Crippen LogP contribution < -0.4 is 5.32 Å². The predicted octanol–water partition coefficient (Wildman–Crippen LogP) is 4.52. The van der Waals surface area contributed by atoms with E-state index in [1.807, 2.05) is 17.9 Å². The molecule has 3 aromatic heterocycles. The quantitative estimate of drug-likeness (QED) is 0.574. The fourth-order valence-electron chi connectivity index (χ4n) is 3.42. The average molecular weight is 366 g/mol. The van der Waals surface area contributed by atoms with Gasteiger partial charge in [-0.2, -0.15) is 10.4 Å². The Labute approximate surface area is 162 Å². The van der Waals surface area contributed by atoms with E-state index in [4.69, 9.17) is 10.2 Å². The van der Waals surface area contributed by atoms with Gasteiger partial charge in [0, 0.05) is 24.2 Å². The maximum absolute atomic E-state index is 9.11. The van der Waals surface area contributed by atoms with E-state index in [1.165, 1.54) is 18.4 Å². The molecule has 0 radical (unpaired) electrons. The van der Waals surface area contributed by atoms with E-state index >= 15 is 0 Å². The number of rotatable bonds is 4. The van der Waals surface area contributed by atoms with Crippen molar-refractivity contribution >= 4 is 22.5 Å². The Kier molecular flexibility index (Phi) is 3.80. The van der Waals surface area contributed by atoms with Crippen LogP contribution in [0.5, 0.6) is 0 Å². The Morgan fingerprint density at radius 2 is 2.00 bits per heavy atom. The lowest BCUT2D eigenvalue weighted by atomic mass is 10.1. The molecule has 0 amide bonds. The molecule has 0 saturated heterocycles. The van der Waals surface area contributed by atoms with Gasteiger partial charge >= 0.3 is 0 Å². The van der Waals surface area contributed by atoms with Crippen molar-refractivity contribution in [3.8, 4) is 17.3 Å². The monoisotopic (exact) mass is 366 g/mol. The predicted molar refractivity (Wildman–Crippen MR) is 108 cm³/mol. The molecule has 5 rings (SSSR count). The van der Waals surface area contributed by atoms with Crippen molar-refractivity contribution in [2.45, 2.75) is 18.8 Å². The zero-order valence-electron chi connectivity index (χ0n) is 15.4. The first kappa shape index (κ1) is 16.5. The van der Waals surface area contributed by atoms with E-state index < -0.39 is 0 Å². The van der Waals surface area contributed by atoms with Crippen LogP contribution in [0, 0.1) is 11.3 Å². The maximum atomic E-state index is 9.11. The van der Waals surface area contributed by atoms with Crippen LogP contribution in [0.3, 0.4) is 0 Å². The summed E-state index contributed by atoms with van der Waals surface area (Å²) in [7, 11) is 1.95. The number of nitriles is 1. The average Bonchev–Trinajstić information content (AvgIpc) is 3.51. The van der Waals surface area contributed by atoms with Crippen LogP contribution in [0.15, 0.2) is 54.9 Å². The van der Waals surface area contributed by atoms with Crippen molar-refractivity contribution in [2.75, 3.05) is 5.32 Å². The highest BCUT2D eigenvalue weighted by molar-refractivity contribution is 5.84. The van der Waals surface area contributed by atoms with Gasteiger partial charge in [0.15, 0.2) is 0 Å². The summed E-state index contributed by atoms with van der Waals surface area (Å²) in [5, 5.41) is 17.8. The minimum absolute atomic E-state index is 0.567. The second-order valence-corrected chi connectivity index (χ2v) is 7.15. The first-order chi connectivity index (χ1) is 13.7. The van der Waals surface area contributed by atoms with Crippen LogP contribution in [0.25, 0.3) is 22.2 Å². The first-order valence-electron chi connectivity index (χ1n) is 9.27. The zero-order chi connectivity index (χ0) is 19.1. The second-order valence-electron chi connectivity index (χ2n) is 7.15. The standard InChI is InChI=1S/C22H18N6/c1-28-20-10-16(4-5-17(20)13-25-28)19-9-18(15-2-3-15)11-22(26-19)27-21-8-14(12-23)6-7-24-21/h4-11,13,15H,2-3H2,1H3,(H,24,26,27). The van der Waals surface area contributed by atoms with Gasteiger partial charge < -0.3 is 5.32 Å². The van der Waals surface area contributed by atoms with Gasteiger partial charge in [-0.05, 0) is 54.7 Å². The molecule has 1 N–H and O–H groups in total. The third-order valence-electron chi connectivity index (χ3n) is 5.09. The minimum Gasteiger partial charge on any atom is -0.325 e. The van der Waals surface area contributed by atoms with Crippen LogP contribution >= 0.6 is 0 Å². The number of anilines is 2. The van der Waals surface area contributed by atoms with Crippen LogP contribution in [0.2, 0.25) is 0 Å². The lowest BCUT2D eigenvalue weighted by Crippen LogP contribution is -1.99. The Balaban J connectivity index is 1.57. The van der Waals surface area contributed by atoms with Crippen molar-refractivity contribution in [1.82, 2.24) is 19.7 Å². The number of nitrogens with one attached hydrogen (secondary N) is 1. The van der Waals surface area contributed by atoms with Gasteiger partial charge in [-0.1, -0.05) is 12.1 Å². The molecule has 0 aliphatic heterocycles. The third kappa shape index (κ3) is 3.08. The topological polar surface area (TPSA) is 79.4 Å². The van der Waals surface area contributed by atoms with E-state index in [0.717, 1.165) is 28.0 Å². The fourth-order valence-corrected chi connectivity index (χ4v) is 3.42. The number of aromatic nitrogens is 4. The molecule has 136 valence electrons. The molecule has 6 heteroatoms. The number of aryl methyl sites for hydroxylation is 1. The largest absolute Gasteiger partial charge is 0.325 e. The zero-order valence-corrected chi connectivity index (χ0v) is 15.4. The smallest absolute Gasteiger partial charge is 0.132 e. The van der Waals surface area contributed by atoms with E-state index in [-0.39, 0.29) is 0 Å². The van der Waals surface area contributed by atoms with E-state index in [1.54, 1.807) is 18.3 Å². The number of hydrogen-bond donors (Lipinski definition) is 1. The maximum Gasteiger partial charge on any atom is 0.132 e. The van der Waals surface area contributed by atoms with Crippen LogP contribution in [-0.2, 0) is 7.05 Å². The molecule has 6 nitrogen and oxygen atoms in total. The Hall–Kier alpha value is -3.72. The van der Waals surface area contributed by atoms with Gasteiger partial charge in [0.25, 0.3) is 0 Å². The number of fused-ring (bicyclic) bond motifs is 1. The Morgan fingerprint density at radius 1 is 1.11 bits per heavy atom. The molecule has 1 saturated carbocycles. The molecule has 0 atom stereocenters. The highest BCUT2D eigenvalue weighted by Gasteiger charge is 2.25. The molecule has 3 heterocycles. The lowest BCUT2D eigenvalue weighted by Gasteiger charge is -2.11. The van der Waals surface area contributed by atoms with Crippen molar-refractivity contribution < 1.29 is 0 Å². The van der Waals surface area contributed by atoms with Crippen molar-refractivity contribution in [1.29, 1.82) is 5.26 Å². The van der Waals surface area contributed by atoms with Gasteiger partial charge in [0.05, 0.1) is 29.0 Å². The molecule has 4 aromatic rings. The van der Waals surface area contributed by atoms with Gasteiger partial charge in [-0.3, -0.25) is 4.68 Å². The van der Waals surface area contributed by atoms with E-state index in [9.17, 15) is 0 Å². The highest BCUT2D eigenvalue weighted by atomic mass is 15.2. The summed E-state index contributed by atoms with van der Waals surface area (Å²) in [6.45, 7) is 0. The summed E-state index contributed by atoms with van der Waals surface area (Å²) in [5.41, 5.74) is 4.91. The molecular formula is C22H18N6.